The molecule has 0 spiro atoms. The summed E-state index contributed by atoms with van der Waals surface area (Å²) in [5.74, 6) is 1.79. The molecule has 0 atom stereocenters. The molecule has 23 heavy (non-hydrogen) atoms. The topological polar surface area (TPSA) is 37.7 Å². The fraction of sp³-hybridized carbons (Fsp3) is 0.368. The predicted octanol–water partition coefficient (Wildman–Crippen LogP) is 4.46. The van der Waals surface area contributed by atoms with Crippen LogP contribution in [0.15, 0.2) is 54.4 Å². The lowest BCUT2D eigenvalue weighted by Gasteiger charge is -2.19. The van der Waals surface area contributed by atoms with Crippen LogP contribution in [0.5, 0.6) is 0 Å². The monoisotopic (exact) mass is 313 g/mol. The lowest BCUT2D eigenvalue weighted by Crippen LogP contribution is -2.17. The van der Waals surface area contributed by atoms with Crippen molar-refractivity contribution in [1.29, 1.82) is 0 Å². The van der Waals surface area contributed by atoms with Gasteiger partial charge in [0.05, 0.1) is 12.8 Å². The first-order valence-corrected chi connectivity index (χ1v) is 7.68. The number of hydrogen-bond donors (Lipinski definition) is 0. The Morgan fingerprint density at radius 3 is 2.65 bits per heavy atom. The highest BCUT2D eigenvalue weighted by Crippen LogP contribution is 2.23. The standard InChI is InChI=1S/C19H27N3O/c1-8-10-22(6)17-12-19(20-13-15(17)5)21-16(9-2)11-18(23-7)14(3)4/h8-9,11-14H,1-2,10H2,3-7H3/b18-11+,21-16?. The van der Waals surface area contributed by atoms with Crippen LogP contribution in [0.2, 0.25) is 0 Å². The minimum atomic E-state index is 0.283. The van der Waals surface area contributed by atoms with Gasteiger partial charge in [0.15, 0.2) is 5.82 Å². The lowest BCUT2D eigenvalue weighted by atomic mass is 10.1. The highest BCUT2D eigenvalue weighted by Gasteiger charge is 2.07. The van der Waals surface area contributed by atoms with Crippen LogP contribution >= 0.6 is 0 Å². The van der Waals surface area contributed by atoms with Gasteiger partial charge in [0, 0.05) is 43.5 Å². The number of anilines is 1. The summed E-state index contributed by atoms with van der Waals surface area (Å²) in [6.45, 7) is 14.5. The van der Waals surface area contributed by atoms with E-state index in [1.165, 1.54) is 0 Å². The molecule has 0 bridgehead atoms. The number of pyridine rings is 1. The maximum Gasteiger partial charge on any atom is 0.154 e. The van der Waals surface area contributed by atoms with Crippen molar-refractivity contribution in [1.82, 2.24) is 4.98 Å². The molecule has 1 aromatic rings. The summed E-state index contributed by atoms with van der Waals surface area (Å²) in [4.78, 5) is 11.1. The van der Waals surface area contributed by atoms with E-state index in [-0.39, 0.29) is 5.92 Å². The van der Waals surface area contributed by atoms with Crippen LogP contribution in [0.3, 0.4) is 0 Å². The van der Waals surface area contributed by atoms with Crippen LogP contribution in [0.1, 0.15) is 19.4 Å². The molecule has 0 fully saturated rings. The second kappa shape index (κ2) is 8.93. The Bertz CT molecular complexity index is 615. The molecule has 1 rings (SSSR count). The van der Waals surface area contributed by atoms with Gasteiger partial charge in [0.1, 0.15) is 5.76 Å². The first-order chi connectivity index (χ1) is 10.9. The number of methoxy groups -OCH3 is 1. The van der Waals surface area contributed by atoms with Gasteiger partial charge in [-0.1, -0.05) is 26.5 Å². The van der Waals surface area contributed by atoms with Gasteiger partial charge in [0.25, 0.3) is 0 Å². The minimum Gasteiger partial charge on any atom is -0.501 e. The molecule has 124 valence electrons. The van der Waals surface area contributed by atoms with Crippen LogP contribution in [-0.2, 0) is 4.74 Å². The molecule has 0 saturated carbocycles. The third-order valence-electron chi connectivity index (χ3n) is 3.42. The van der Waals surface area contributed by atoms with Crippen LogP contribution in [0.4, 0.5) is 11.5 Å². The van der Waals surface area contributed by atoms with Gasteiger partial charge in [-0.25, -0.2) is 9.98 Å². The van der Waals surface area contributed by atoms with E-state index in [0.717, 1.165) is 29.3 Å². The van der Waals surface area contributed by atoms with Crippen LogP contribution in [-0.4, -0.2) is 31.4 Å². The first kappa shape index (κ1) is 18.7. The number of rotatable bonds is 8. The molecule has 1 heterocycles. The maximum atomic E-state index is 5.39. The molecule has 0 aliphatic carbocycles. The van der Waals surface area contributed by atoms with E-state index in [1.54, 1.807) is 13.2 Å². The fourth-order valence-electron chi connectivity index (χ4n) is 2.14. The molecular weight excluding hydrogens is 286 g/mol. The molecule has 4 nitrogen and oxygen atoms in total. The van der Waals surface area contributed by atoms with Crippen molar-refractivity contribution < 1.29 is 4.74 Å². The molecule has 0 amide bonds. The number of aromatic nitrogens is 1. The number of hydrogen-bond acceptors (Lipinski definition) is 4. The average molecular weight is 313 g/mol. The lowest BCUT2D eigenvalue weighted by molar-refractivity contribution is 0.254. The summed E-state index contributed by atoms with van der Waals surface area (Å²) in [5.41, 5.74) is 2.91. The number of allylic oxidation sites excluding steroid dienone is 3. The van der Waals surface area contributed by atoms with Crippen LogP contribution in [0.25, 0.3) is 0 Å². The molecule has 4 heteroatoms. The summed E-state index contributed by atoms with van der Waals surface area (Å²) in [6, 6.07) is 1.97. The van der Waals surface area contributed by atoms with Crippen molar-refractivity contribution in [3.8, 4) is 0 Å². The van der Waals surface area contributed by atoms with E-state index in [4.69, 9.17) is 4.74 Å². The third-order valence-corrected chi connectivity index (χ3v) is 3.42. The molecule has 0 aliphatic heterocycles. The number of ether oxygens (including phenoxy) is 1. The maximum absolute atomic E-state index is 5.39. The molecule has 0 saturated heterocycles. The van der Waals surface area contributed by atoms with Crippen molar-refractivity contribution in [3.63, 3.8) is 0 Å². The van der Waals surface area contributed by atoms with Gasteiger partial charge < -0.3 is 9.64 Å². The Hall–Kier alpha value is -2.36. The molecule has 0 aliphatic rings. The summed E-state index contributed by atoms with van der Waals surface area (Å²) in [7, 11) is 3.69. The van der Waals surface area contributed by atoms with Crippen molar-refractivity contribution in [2.75, 3.05) is 25.6 Å². The number of aliphatic imine (C=N–C) groups is 1. The molecular formula is C19H27N3O. The van der Waals surface area contributed by atoms with Crippen molar-refractivity contribution >= 4 is 17.2 Å². The van der Waals surface area contributed by atoms with Crippen molar-refractivity contribution in [3.05, 3.63) is 55.0 Å². The normalized spacial score (nSPS) is 12.3. The van der Waals surface area contributed by atoms with Gasteiger partial charge >= 0.3 is 0 Å². The predicted molar refractivity (Wildman–Crippen MR) is 99.7 cm³/mol. The van der Waals surface area contributed by atoms with Gasteiger partial charge in [-0.3, -0.25) is 0 Å². The Balaban J connectivity index is 3.21. The smallest absolute Gasteiger partial charge is 0.154 e. The van der Waals surface area contributed by atoms with Crippen molar-refractivity contribution in [2.45, 2.75) is 20.8 Å². The first-order valence-electron chi connectivity index (χ1n) is 7.68. The molecule has 0 N–H and O–H groups in total. The van der Waals surface area contributed by atoms with E-state index in [9.17, 15) is 0 Å². The third kappa shape index (κ3) is 5.40. The van der Waals surface area contributed by atoms with Crippen molar-refractivity contribution in [2.24, 2.45) is 10.9 Å². The highest BCUT2D eigenvalue weighted by molar-refractivity contribution is 6.05. The SMILES string of the molecule is C=CCN(C)c1cc(N=C(C=C)/C=C(/OC)C(C)C)ncc1C. The minimum absolute atomic E-state index is 0.283. The molecule has 0 radical (unpaired) electrons. The Morgan fingerprint density at radius 2 is 2.13 bits per heavy atom. The van der Waals surface area contributed by atoms with Gasteiger partial charge in [0.2, 0.25) is 0 Å². The fourth-order valence-corrected chi connectivity index (χ4v) is 2.14. The Morgan fingerprint density at radius 1 is 1.43 bits per heavy atom. The van der Waals surface area contributed by atoms with E-state index in [0.29, 0.717) is 5.82 Å². The summed E-state index contributed by atoms with van der Waals surface area (Å²) >= 11 is 0. The van der Waals surface area contributed by atoms with E-state index in [1.807, 2.05) is 38.4 Å². The number of likely N-dealkylation sites (N-methyl/N-ethyl adjacent to an activating group) is 1. The molecule has 0 aromatic carbocycles. The quantitative estimate of drug-likeness (QED) is 0.404. The zero-order valence-electron chi connectivity index (χ0n) is 14.8. The zero-order chi connectivity index (χ0) is 17.4. The Kier molecular flexibility index (Phi) is 7.26. The number of nitrogens with zero attached hydrogens (tertiary/aromatic N) is 3. The second-order valence-electron chi connectivity index (χ2n) is 5.64. The largest absolute Gasteiger partial charge is 0.501 e. The summed E-state index contributed by atoms with van der Waals surface area (Å²) < 4.78 is 5.39. The van der Waals surface area contributed by atoms with Crippen LogP contribution in [0, 0.1) is 12.8 Å². The molecule has 0 unspecified atom stereocenters. The zero-order valence-corrected chi connectivity index (χ0v) is 14.8. The van der Waals surface area contributed by atoms with Crippen LogP contribution < -0.4 is 4.90 Å². The van der Waals surface area contributed by atoms with E-state index >= 15 is 0 Å². The van der Waals surface area contributed by atoms with Gasteiger partial charge in [-0.2, -0.15) is 0 Å². The van der Waals surface area contributed by atoms with Gasteiger partial charge in [-0.15, -0.1) is 6.58 Å². The average Bonchev–Trinajstić information content (AvgIpc) is 2.52. The number of aryl methyl sites for hydroxylation is 1. The Labute approximate surface area is 139 Å². The highest BCUT2D eigenvalue weighted by atomic mass is 16.5. The van der Waals surface area contributed by atoms with E-state index < -0.39 is 0 Å². The van der Waals surface area contributed by atoms with Gasteiger partial charge in [-0.05, 0) is 18.6 Å². The second-order valence-corrected chi connectivity index (χ2v) is 5.64. The summed E-state index contributed by atoms with van der Waals surface area (Å²) in [5, 5.41) is 0. The summed E-state index contributed by atoms with van der Waals surface area (Å²) in [6.07, 6.45) is 7.30. The van der Waals surface area contributed by atoms with E-state index in [2.05, 4.69) is 41.9 Å². The molecule has 1 aromatic heterocycles.